The quantitative estimate of drug-likeness (QED) is 0.746. The first kappa shape index (κ1) is 20.8. The Balaban J connectivity index is 1.83. The van der Waals surface area contributed by atoms with E-state index in [1.165, 1.54) is 28.6 Å². The molecule has 1 heterocycles. The van der Waals surface area contributed by atoms with Gasteiger partial charge < -0.3 is 0 Å². The summed E-state index contributed by atoms with van der Waals surface area (Å²) in [6.45, 7) is 1.67. The second-order valence-corrected chi connectivity index (χ2v) is 10.4. The van der Waals surface area contributed by atoms with Gasteiger partial charge in [0.1, 0.15) is 16.5 Å². The summed E-state index contributed by atoms with van der Waals surface area (Å²) in [5.74, 6) is -1.39. The van der Waals surface area contributed by atoms with Gasteiger partial charge in [0, 0.05) is 26.2 Å². The average Bonchev–Trinajstić information content (AvgIpc) is 2.91. The zero-order valence-corrected chi connectivity index (χ0v) is 16.8. The standard InChI is InChI=1S/C18H20F2N2O4S2/c1-14-3-8-17(20)18(13-14)28(25,26)22-10-2-9-21(11-12-22)27(23,24)16-6-4-15(19)5-7-16/h3-8,13H,2,9-12H2,1H3. The highest BCUT2D eigenvalue weighted by Crippen LogP contribution is 2.24. The van der Waals surface area contributed by atoms with Gasteiger partial charge in [-0.05, 0) is 55.3 Å². The Morgan fingerprint density at radius 1 is 0.786 bits per heavy atom. The van der Waals surface area contributed by atoms with E-state index >= 15 is 0 Å². The molecule has 0 amide bonds. The number of benzene rings is 2. The fourth-order valence-electron chi connectivity index (χ4n) is 3.05. The van der Waals surface area contributed by atoms with Crippen molar-refractivity contribution in [2.24, 2.45) is 0 Å². The van der Waals surface area contributed by atoms with E-state index in [9.17, 15) is 25.6 Å². The second kappa shape index (κ2) is 7.86. The molecule has 0 spiro atoms. The Morgan fingerprint density at radius 3 is 1.96 bits per heavy atom. The Labute approximate surface area is 163 Å². The van der Waals surface area contributed by atoms with Gasteiger partial charge in [-0.3, -0.25) is 0 Å². The predicted octanol–water partition coefficient (Wildman–Crippen LogP) is 2.36. The highest BCUT2D eigenvalue weighted by atomic mass is 32.2. The van der Waals surface area contributed by atoms with Crippen molar-refractivity contribution >= 4 is 20.0 Å². The van der Waals surface area contributed by atoms with Crippen LogP contribution in [0.1, 0.15) is 12.0 Å². The highest BCUT2D eigenvalue weighted by Gasteiger charge is 2.33. The third kappa shape index (κ3) is 4.09. The molecule has 0 aliphatic carbocycles. The normalized spacial score (nSPS) is 17.4. The van der Waals surface area contributed by atoms with Crippen LogP contribution >= 0.6 is 0 Å². The number of hydrogen-bond donors (Lipinski definition) is 0. The molecule has 28 heavy (non-hydrogen) atoms. The van der Waals surface area contributed by atoms with Crippen LogP contribution in [0.25, 0.3) is 0 Å². The Hall–Kier alpha value is -1.88. The van der Waals surface area contributed by atoms with Gasteiger partial charge in [-0.2, -0.15) is 8.61 Å². The molecule has 0 unspecified atom stereocenters. The largest absolute Gasteiger partial charge is 0.246 e. The molecule has 0 radical (unpaired) electrons. The lowest BCUT2D eigenvalue weighted by Crippen LogP contribution is -2.37. The van der Waals surface area contributed by atoms with Crippen molar-refractivity contribution in [3.05, 3.63) is 59.7 Å². The fraction of sp³-hybridized carbons (Fsp3) is 0.333. The summed E-state index contributed by atoms with van der Waals surface area (Å²) in [5.41, 5.74) is 0.607. The zero-order chi connectivity index (χ0) is 20.5. The van der Waals surface area contributed by atoms with Crippen LogP contribution in [-0.4, -0.2) is 51.6 Å². The lowest BCUT2D eigenvalue weighted by molar-refractivity contribution is 0.402. The molecule has 2 aromatic rings. The van der Waals surface area contributed by atoms with Gasteiger partial charge in [0.05, 0.1) is 4.90 Å². The first-order valence-corrected chi connectivity index (χ1v) is 11.5. The zero-order valence-electron chi connectivity index (χ0n) is 15.2. The van der Waals surface area contributed by atoms with Crippen LogP contribution < -0.4 is 0 Å². The summed E-state index contributed by atoms with van der Waals surface area (Å²) < 4.78 is 80.7. The van der Waals surface area contributed by atoms with Gasteiger partial charge in [0.2, 0.25) is 20.0 Å². The monoisotopic (exact) mass is 430 g/mol. The summed E-state index contributed by atoms with van der Waals surface area (Å²) in [5, 5.41) is 0. The molecule has 0 aromatic heterocycles. The average molecular weight is 430 g/mol. The minimum Gasteiger partial charge on any atom is -0.207 e. The van der Waals surface area contributed by atoms with E-state index in [-0.39, 0.29) is 37.5 Å². The summed E-state index contributed by atoms with van der Waals surface area (Å²) in [7, 11) is -7.97. The Morgan fingerprint density at radius 2 is 1.36 bits per heavy atom. The first-order chi connectivity index (χ1) is 13.1. The van der Waals surface area contributed by atoms with Gasteiger partial charge in [0.15, 0.2) is 0 Å². The lowest BCUT2D eigenvalue weighted by atomic mass is 10.2. The molecule has 152 valence electrons. The molecule has 0 saturated carbocycles. The summed E-state index contributed by atoms with van der Waals surface area (Å²) >= 11 is 0. The van der Waals surface area contributed by atoms with Gasteiger partial charge in [0.25, 0.3) is 0 Å². The van der Waals surface area contributed by atoms with E-state index in [1.54, 1.807) is 6.92 Å². The van der Waals surface area contributed by atoms with E-state index in [2.05, 4.69) is 0 Å². The SMILES string of the molecule is Cc1ccc(F)c(S(=O)(=O)N2CCCN(S(=O)(=O)c3ccc(F)cc3)CC2)c1. The van der Waals surface area contributed by atoms with Gasteiger partial charge >= 0.3 is 0 Å². The van der Waals surface area contributed by atoms with E-state index in [0.29, 0.717) is 5.56 Å². The number of nitrogens with zero attached hydrogens (tertiary/aromatic N) is 2. The van der Waals surface area contributed by atoms with Crippen molar-refractivity contribution in [1.82, 2.24) is 8.61 Å². The van der Waals surface area contributed by atoms with Crippen LogP contribution in [0.15, 0.2) is 52.3 Å². The van der Waals surface area contributed by atoms with Crippen LogP contribution in [0.2, 0.25) is 0 Å². The van der Waals surface area contributed by atoms with E-state index in [0.717, 1.165) is 22.5 Å². The molecule has 3 rings (SSSR count). The third-order valence-corrected chi connectivity index (χ3v) is 8.40. The molecule has 0 atom stereocenters. The maximum Gasteiger partial charge on any atom is 0.246 e. The molecule has 1 fully saturated rings. The van der Waals surface area contributed by atoms with Gasteiger partial charge in [-0.15, -0.1) is 0 Å². The number of rotatable bonds is 4. The molecule has 1 saturated heterocycles. The van der Waals surface area contributed by atoms with Crippen LogP contribution in [-0.2, 0) is 20.0 Å². The van der Waals surface area contributed by atoms with Crippen molar-refractivity contribution in [1.29, 1.82) is 0 Å². The maximum atomic E-state index is 14.1. The highest BCUT2D eigenvalue weighted by molar-refractivity contribution is 7.89. The predicted molar refractivity (Wildman–Crippen MR) is 99.7 cm³/mol. The fourth-order valence-corrected chi connectivity index (χ4v) is 6.14. The summed E-state index contributed by atoms with van der Waals surface area (Å²) in [4.78, 5) is -0.475. The van der Waals surface area contributed by atoms with Crippen LogP contribution in [0.4, 0.5) is 8.78 Å². The van der Waals surface area contributed by atoms with Crippen molar-refractivity contribution in [3.63, 3.8) is 0 Å². The molecule has 1 aliphatic rings. The van der Waals surface area contributed by atoms with E-state index in [1.807, 2.05) is 0 Å². The number of halogens is 2. The molecule has 0 N–H and O–H groups in total. The van der Waals surface area contributed by atoms with Crippen LogP contribution in [0.3, 0.4) is 0 Å². The van der Waals surface area contributed by atoms with Gasteiger partial charge in [-0.25, -0.2) is 25.6 Å². The van der Waals surface area contributed by atoms with Crippen molar-refractivity contribution in [2.45, 2.75) is 23.1 Å². The number of sulfonamides is 2. The van der Waals surface area contributed by atoms with Crippen LogP contribution in [0.5, 0.6) is 0 Å². The van der Waals surface area contributed by atoms with Gasteiger partial charge in [-0.1, -0.05) is 6.07 Å². The Kier molecular flexibility index (Phi) is 5.85. The second-order valence-electron chi connectivity index (χ2n) is 6.55. The van der Waals surface area contributed by atoms with Crippen molar-refractivity contribution in [2.75, 3.05) is 26.2 Å². The van der Waals surface area contributed by atoms with Crippen LogP contribution in [0, 0.1) is 18.6 Å². The topological polar surface area (TPSA) is 74.8 Å². The van der Waals surface area contributed by atoms with E-state index < -0.39 is 36.6 Å². The number of aryl methyl sites for hydroxylation is 1. The summed E-state index contributed by atoms with van der Waals surface area (Å²) in [6.07, 6.45) is 0.257. The first-order valence-electron chi connectivity index (χ1n) is 8.64. The maximum absolute atomic E-state index is 14.1. The van der Waals surface area contributed by atoms with Crippen molar-refractivity contribution in [3.8, 4) is 0 Å². The minimum absolute atomic E-state index is 0.0602. The summed E-state index contributed by atoms with van der Waals surface area (Å²) in [6, 6.07) is 8.31. The molecule has 1 aliphatic heterocycles. The lowest BCUT2D eigenvalue weighted by Gasteiger charge is -2.22. The van der Waals surface area contributed by atoms with E-state index in [4.69, 9.17) is 0 Å². The third-order valence-electron chi connectivity index (χ3n) is 4.57. The molecule has 0 bridgehead atoms. The Bertz CT molecular complexity index is 1070. The molecular weight excluding hydrogens is 410 g/mol. The van der Waals surface area contributed by atoms with Crippen molar-refractivity contribution < 1.29 is 25.6 Å². The smallest absolute Gasteiger partial charge is 0.207 e. The molecule has 2 aromatic carbocycles. The molecular formula is C18H20F2N2O4S2. The molecule has 6 nitrogen and oxygen atoms in total. The number of hydrogen-bond acceptors (Lipinski definition) is 4. The molecule has 10 heteroatoms. The minimum atomic E-state index is -4.09.